The number of hydrogen-bond acceptors (Lipinski definition) is 0. The van der Waals surface area contributed by atoms with Gasteiger partial charge in [0.2, 0.25) is 0 Å². The van der Waals surface area contributed by atoms with Crippen LogP contribution in [0.3, 0.4) is 0 Å². The van der Waals surface area contributed by atoms with Crippen LogP contribution in [0.5, 0.6) is 0 Å². The Hall–Kier alpha value is -0.617. The minimum absolute atomic E-state index is 0. The topological polar surface area (TPSA) is 0 Å². The molecule has 7 rings (SSSR count). The summed E-state index contributed by atoms with van der Waals surface area (Å²) in [5.41, 5.74) is 3.82. The van der Waals surface area contributed by atoms with Crippen molar-refractivity contribution in [2.75, 3.05) is 0 Å². The number of allylic oxidation sites excluding steroid dienone is 16. The second-order valence-corrected chi connectivity index (χ2v) is 28.6. The average molecular weight is 697 g/mol. The SMILES string of the molecule is CC1=CC=CC2[CH]([Zr+2]3([C]4=C(C(C)(C)C)C=CC4)[CH2][CH2]3)C3(C)C4(C)C=CC=CC4(C)C4(C)C=CC=CC4(C)C3(C)C12C.[Cl-].[Cl-]. The van der Waals surface area contributed by atoms with Gasteiger partial charge in [0.1, 0.15) is 0 Å². The third kappa shape index (κ3) is 3.21. The monoisotopic (exact) mass is 694 g/mol. The van der Waals surface area contributed by atoms with Crippen molar-refractivity contribution >= 4 is 0 Å². The molecule has 43 heavy (non-hydrogen) atoms. The van der Waals surface area contributed by atoms with Crippen molar-refractivity contribution in [2.45, 2.75) is 94.5 Å². The number of fused-ring (bicyclic) bond motifs is 8. The summed E-state index contributed by atoms with van der Waals surface area (Å²) in [5.74, 6) is 0.592. The van der Waals surface area contributed by atoms with Gasteiger partial charge in [-0.1, -0.05) is 0 Å². The van der Waals surface area contributed by atoms with Crippen LogP contribution in [0, 0.1) is 49.2 Å². The van der Waals surface area contributed by atoms with E-state index in [1.165, 1.54) is 6.42 Å². The summed E-state index contributed by atoms with van der Waals surface area (Å²) in [6.07, 6.45) is 34.2. The van der Waals surface area contributed by atoms with Crippen molar-refractivity contribution < 1.29 is 45.1 Å². The van der Waals surface area contributed by atoms with Crippen molar-refractivity contribution in [3.63, 3.8) is 0 Å². The summed E-state index contributed by atoms with van der Waals surface area (Å²) in [4.78, 5) is 0. The van der Waals surface area contributed by atoms with Crippen molar-refractivity contribution in [3.05, 3.63) is 93.4 Å². The first kappa shape index (κ1) is 33.7. The van der Waals surface area contributed by atoms with Crippen LogP contribution in [-0.2, 0) is 20.3 Å². The molecule has 9 unspecified atom stereocenters. The summed E-state index contributed by atoms with van der Waals surface area (Å²) in [7, 11) is 0. The second-order valence-electron chi connectivity index (χ2n) is 17.4. The molecule has 9 atom stereocenters. The van der Waals surface area contributed by atoms with E-state index < -0.39 is 20.3 Å². The third-order valence-corrected chi connectivity index (χ3v) is 29.5. The fourth-order valence-corrected chi connectivity index (χ4v) is 32.5. The second kappa shape index (κ2) is 9.48. The standard InChI is InChI=1S/C29H37.C9H13.C2H4.2ClH.Zr/c1-21-14-13-15-22-20-27(6)25(4)18-10-9-16-23(25,2)24(3)17-11-12-19-26(24,5)29(27,8)28(21,22)7;1-9(2,3)8-6-4-5-7-8;1-2;;;/h9-20,22H,1-8H3;4,6H,5H2,1-3H3;1-2H2;2*1H;/q;;;;;+2/p-2. The first-order chi connectivity index (χ1) is 19.0. The van der Waals surface area contributed by atoms with Gasteiger partial charge in [-0.15, -0.1) is 0 Å². The van der Waals surface area contributed by atoms with Gasteiger partial charge in [0, 0.05) is 0 Å². The molecule has 0 bridgehead atoms. The van der Waals surface area contributed by atoms with Gasteiger partial charge in [0.05, 0.1) is 0 Å². The van der Waals surface area contributed by atoms with E-state index >= 15 is 0 Å². The number of halogens is 2. The summed E-state index contributed by atoms with van der Waals surface area (Å²) >= 11 is -2.86. The van der Waals surface area contributed by atoms with Gasteiger partial charge in [-0.05, 0) is 0 Å². The van der Waals surface area contributed by atoms with Gasteiger partial charge in [0.25, 0.3) is 0 Å². The van der Waals surface area contributed by atoms with Gasteiger partial charge >= 0.3 is 257 Å². The molecule has 0 aromatic rings. The maximum Gasteiger partial charge on any atom is -1.00 e. The zero-order chi connectivity index (χ0) is 29.7. The van der Waals surface area contributed by atoms with Gasteiger partial charge < -0.3 is 24.8 Å². The first-order valence-corrected chi connectivity index (χ1v) is 22.6. The Morgan fingerprint density at radius 2 is 1.23 bits per heavy atom. The van der Waals surface area contributed by atoms with Gasteiger partial charge in [-0.25, -0.2) is 0 Å². The largest absolute Gasteiger partial charge is 1.00 e. The van der Waals surface area contributed by atoms with E-state index in [1.807, 2.05) is 3.28 Å². The van der Waals surface area contributed by atoms with Crippen LogP contribution in [-0.4, -0.2) is 0 Å². The Bertz CT molecular complexity index is 1490. The Morgan fingerprint density at radius 3 is 1.77 bits per heavy atom. The van der Waals surface area contributed by atoms with E-state index in [1.54, 1.807) is 19.4 Å². The molecule has 1 aliphatic heterocycles. The minimum atomic E-state index is -2.86. The maximum absolute atomic E-state index is 2.86. The van der Waals surface area contributed by atoms with Crippen molar-refractivity contribution in [2.24, 2.45) is 49.2 Å². The third-order valence-electron chi connectivity index (χ3n) is 16.2. The van der Waals surface area contributed by atoms with E-state index in [0.717, 1.165) is 3.63 Å². The molecule has 0 radical (unpaired) electrons. The predicted molar refractivity (Wildman–Crippen MR) is 173 cm³/mol. The molecule has 1 saturated heterocycles. The van der Waals surface area contributed by atoms with E-state index in [0.29, 0.717) is 5.92 Å². The van der Waals surface area contributed by atoms with E-state index in [9.17, 15) is 0 Å². The van der Waals surface area contributed by atoms with Crippen molar-refractivity contribution in [1.29, 1.82) is 0 Å². The molecule has 3 heteroatoms. The van der Waals surface area contributed by atoms with Crippen molar-refractivity contribution in [1.82, 2.24) is 0 Å². The molecule has 1 heterocycles. The molecular formula is C40H54Cl2Zr. The van der Waals surface area contributed by atoms with Gasteiger partial charge in [-0.3, -0.25) is 0 Å². The maximum atomic E-state index is 2.85. The molecule has 232 valence electrons. The van der Waals surface area contributed by atoms with Crippen LogP contribution >= 0.6 is 0 Å². The summed E-state index contributed by atoms with van der Waals surface area (Å²) in [6, 6.07) is 0. The molecule has 0 amide bonds. The van der Waals surface area contributed by atoms with E-state index in [4.69, 9.17) is 0 Å². The van der Waals surface area contributed by atoms with Gasteiger partial charge in [0.15, 0.2) is 0 Å². The molecule has 6 aliphatic carbocycles. The molecule has 0 spiro atoms. The molecule has 3 fully saturated rings. The van der Waals surface area contributed by atoms with Crippen LogP contribution in [0.2, 0.25) is 11.9 Å². The number of hydrogen-bond donors (Lipinski definition) is 0. The summed E-state index contributed by atoms with van der Waals surface area (Å²) in [6.45, 7) is 28.9. The Labute approximate surface area is 280 Å². The normalized spacial score (nSPS) is 48.7. The van der Waals surface area contributed by atoms with Crippen LogP contribution in [0.1, 0.15) is 82.6 Å². The number of rotatable bonds is 2. The molecule has 0 aromatic carbocycles. The molecule has 2 saturated carbocycles. The minimum Gasteiger partial charge on any atom is -1.00 e. The summed E-state index contributed by atoms with van der Waals surface area (Å²) in [5, 5.41) is 0. The van der Waals surface area contributed by atoms with E-state index in [-0.39, 0.29) is 68.1 Å². The first-order valence-electron chi connectivity index (χ1n) is 16.5. The van der Waals surface area contributed by atoms with Gasteiger partial charge in [-0.2, -0.15) is 0 Å². The fraction of sp³-hybridized carbons (Fsp3) is 0.600. The average Bonchev–Trinajstić information content (AvgIpc) is 3.46. The Kier molecular flexibility index (Phi) is 7.44. The van der Waals surface area contributed by atoms with Crippen LogP contribution < -0.4 is 24.8 Å². The molecule has 0 nitrogen and oxygen atoms in total. The fourth-order valence-electron chi connectivity index (χ4n) is 13.3. The van der Waals surface area contributed by atoms with Crippen LogP contribution in [0.4, 0.5) is 0 Å². The molecule has 0 aromatic heterocycles. The Morgan fingerprint density at radius 1 is 0.721 bits per heavy atom. The van der Waals surface area contributed by atoms with Crippen LogP contribution in [0.15, 0.2) is 93.4 Å². The molecular weight excluding hydrogens is 643 g/mol. The molecule has 0 N–H and O–H groups in total. The Balaban J connectivity index is 0.00000184. The zero-order valence-electron chi connectivity index (χ0n) is 28.5. The smallest absolute Gasteiger partial charge is 1.00 e. The summed E-state index contributed by atoms with van der Waals surface area (Å²) < 4.78 is 5.84. The molecule has 7 aliphatic rings. The quantitative estimate of drug-likeness (QED) is 0.358. The predicted octanol–water partition coefficient (Wildman–Crippen LogP) is 5.50. The van der Waals surface area contributed by atoms with Crippen molar-refractivity contribution in [3.8, 4) is 0 Å². The zero-order valence-corrected chi connectivity index (χ0v) is 32.5. The van der Waals surface area contributed by atoms with E-state index in [2.05, 4.69) is 155 Å². The van der Waals surface area contributed by atoms with Crippen LogP contribution in [0.25, 0.3) is 0 Å².